The van der Waals surface area contributed by atoms with Gasteiger partial charge in [-0.05, 0) is 13.8 Å². The molecule has 0 rings (SSSR count). The van der Waals surface area contributed by atoms with E-state index in [4.69, 9.17) is 15.7 Å². The maximum Gasteiger partial charge on any atom is 0.410 e. The molecule has 1 unspecified atom stereocenters. The lowest BCUT2D eigenvalue weighted by Gasteiger charge is -2.22. The van der Waals surface area contributed by atoms with Gasteiger partial charge in [-0.25, -0.2) is 4.79 Å². The number of likely N-dealkylation sites (N-methyl/N-ethyl adjacent to an activating group) is 1. The smallest absolute Gasteiger partial charge is 0.410 e. The normalized spacial score (nSPS) is 13.6. The van der Waals surface area contributed by atoms with Gasteiger partial charge in [0, 0.05) is 7.05 Å². The minimum absolute atomic E-state index is 0.0319. The van der Waals surface area contributed by atoms with Crippen molar-refractivity contribution in [3.05, 3.63) is 0 Å². The molecule has 0 spiro atoms. The Bertz CT molecular complexity index is 205. The Morgan fingerprint density at radius 1 is 1.77 bits per heavy atom. The summed E-state index contributed by atoms with van der Waals surface area (Å²) in [6.07, 6.45) is -0.499. The predicted octanol–water partition coefficient (Wildman–Crippen LogP) is 0.210. The average Bonchev–Trinajstić information content (AvgIpc) is 2.14. The number of amides is 1. The number of hydrogen-bond donors (Lipinski definition) is 2. The molecule has 6 nitrogen and oxygen atoms in total. The Morgan fingerprint density at radius 3 is 2.69 bits per heavy atom. The molecule has 0 aromatic rings. The lowest BCUT2D eigenvalue weighted by atomic mass is 10.3. The predicted molar refractivity (Wildman–Crippen MR) is 47.7 cm³/mol. The molecule has 0 aromatic heterocycles. The van der Waals surface area contributed by atoms with Crippen LogP contribution in [0, 0.1) is 0 Å². The van der Waals surface area contributed by atoms with Crippen molar-refractivity contribution in [2.75, 3.05) is 13.7 Å². The number of carbonyl (C=O) groups excluding carboxylic acids is 1. The molecule has 0 fully saturated rings. The van der Waals surface area contributed by atoms with Gasteiger partial charge in [-0.3, -0.25) is 0 Å². The summed E-state index contributed by atoms with van der Waals surface area (Å²) in [5, 5.41) is 11.1. The second kappa shape index (κ2) is 5.23. The van der Waals surface area contributed by atoms with E-state index in [2.05, 4.69) is 5.16 Å². The summed E-state index contributed by atoms with van der Waals surface area (Å²) in [4.78, 5) is 12.4. The lowest BCUT2D eigenvalue weighted by molar-refractivity contribution is 0.112. The summed E-state index contributed by atoms with van der Waals surface area (Å²) in [5.74, 6) is -0.0319. The van der Waals surface area contributed by atoms with Gasteiger partial charge in [0.1, 0.15) is 0 Å². The fraction of sp³-hybridized carbons (Fsp3) is 0.714. The number of rotatable bonds is 3. The van der Waals surface area contributed by atoms with Gasteiger partial charge >= 0.3 is 6.09 Å². The fourth-order valence-electron chi connectivity index (χ4n) is 0.665. The molecule has 0 heterocycles. The maximum atomic E-state index is 11.1. The molecule has 0 aliphatic heterocycles. The van der Waals surface area contributed by atoms with Crippen LogP contribution in [0.5, 0.6) is 0 Å². The summed E-state index contributed by atoms with van der Waals surface area (Å²) in [7, 11) is 1.51. The first-order chi connectivity index (χ1) is 6.04. The zero-order valence-electron chi connectivity index (χ0n) is 8.02. The largest absolute Gasteiger partial charge is 0.450 e. The summed E-state index contributed by atoms with van der Waals surface area (Å²) >= 11 is 0. The lowest BCUT2D eigenvalue weighted by Crippen LogP contribution is -2.44. The van der Waals surface area contributed by atoms with E-state index in [1.807, 2.05) is 0 Å². The molecule has 1 amide bonds. The Morgan fingerprint density at radius 2 is 2.31 bits per heavy atom. The summed E-state index contributed by atoms with van der Waals surface area (Å²) < 4.78 is 4.71. The minimum atomic E-state index is -0.499. The van der Waals surface area contributed by atoms with Crippen molar-refractivity contribution in [1.29, 1.82) is 0 Å². The maximum absolute atomic E-state index is 11.1. The van der Waals surface area contributed by atoms with E-state index >= 15 is 0 Å². The molecule has 6 heteroatoms. The van der Waals surface area contributed by atoms with Gasteiger partial charge in [0.2, 0.25) is 0 Å². The number of carbonyl (C=O) groups is 1. The Labute approximate surface area is 76.9 Å². The van der Waals surface area contributed by atoms with E-state index in [1.165, 1.54) is 11.9 Å². The highest BCUT2D eigenvalue weighted by atomic mass is 16.6. The zero-order valence-corrected chi connectivity index (χ0v) is 8.02. The second-order valence-electron chi connectivity index (χ2n) is 2.51. The number of hydrogen-bond acceptors (Lipinski definition) is 4. The molecule has 0 bridgehead atoms. The van der Waals surface area contributed by atoms with Crippen molar-refractivity contribution in [3.8, 4) is 0 Å². The van der Waals surface area contributed by atoms with Crippen molar-refractivity contribution in [2.24, 2.45) is 10.9 Å². The molecule has 13 heavy (non-hydrogen) atoms. The molecule has 76 valence electrons. The van der Waals surface area contributed by atoms with Gasteiger partial charge in [-0.2, -0.15) is 0 Å². The Hall–Kier alpha value is -1.46. The molecular weight excluding hydrogens is 174 g/mol. The highest BCUT2D eigenvalue weighted by Gasteiger charge is 2.19. The Balaban J connectivity index is 4.24. The van der Waals surface area contributed by atoms with Gasteiger partial charge in [0.15, 0.2) is 5.84 Å². The van der Waals surface area contributed by atoms with Crippen LogP contribution in [0.3, 0.4) is 0 Å². The molecule has 0 aromatic carbocycles. The quantitative estimate of drug-likeness (QED) is 0.287. The van der Waals surface area contributed by atoms with Crippen LogP contribution in [0.2, 0.25) is 0 Å². The van der Waals surface area contributed by atoms with Gasteiger partial charge in [0.25, 0.3) is 0 Å². The minimum Gasteiger partial charge on any atom is -0.450 e. The van der Waals surface area contributed by atoms with Crippen LogP contribution in [-0.4, -0.2) is 41.7 Å². The first-order valence-electron chi connectivity index (χ1n) is 3.91. The third-order valence-corrected chi connectivity index (χ3v) is 1.68. The number of ether oxygens (including phenoxy) is 1. The summed E-state index contributed by atoms with van der Waals surface area (Å²) in [5.41, 5.74) is 5.30. The van der Waals surface area contributed by atoms with Crippen LogP contribution in [0.15, 0.2) is 5.16 Å². The van der Waals surface area contributed by atoms with Crippen molar-refractivity contribution < 1.29 is 14.7 Å². The van der Waals surface area contributed by atoms with Crippen molar-refractivity contribution >= 4 is 11.9 Å². The highest BCUT2D eigenvalue weighted by Crippen LogP contribution is 1.98. The van der Waals surface area contributed by atoms with Crippen LogP contribution >= 0.6 is 0 Å². The molecular formula is C7H15N3O3. The molecule has 1 atom stereocenters. The first-order valence-corrected chi connectivity index (χ1v) is 3.91. The monoisotopic (exact) mass is 189 g/mol. The molecule has 0 saturated carbocycles. The van der Waals surface area contributed by atoms with Crippen molar-refractivity contribution in [1.82, 2.24) is 4.90 Å². The number of nitrogens with zero attached hydrogens (tertiary/aromatic N) is 2. The van der Waals surface area contributed by atoms with E-state index in [1.54, 1.807) is 13.8 Å². The van der Waals surface area contributed by atoms with Crippen molar-refractivity contribution in [2.45, 2.75) is 19.9 Å². The summed E-state index contributed by atoms with van der Waals surface area (Å²) in [6.45, 7) is 3.64. The van der Waals surface area contributed by atoms with E-state index < -0.39 is 12.1 Å². The fourth-order valence-corrected chi connectivity index (χ4v) is 0.665. The van der Waals surface area contributed by atoms with E-state index in [-0.39, 0.29) is 5.84 Å². The Kier molecular flexibility index (Phi) is 4.64. The van der Waals surface area contributed by atoms with Gasteiger partial charge < -0.3 is 20.6 Å². The highest BCUT2D eigenvalue weighted by molar-refractivity contribution is 5.87. The van der Waals surface area contributed by atoms with E-state index in [0.29, 0.717) is 6.61 Å². The molecule has 0 aliphatic carbocycles. The third kappa shape index (κ3) is 3.18. The van der Waals surface area contributed by atoms with E-state index in [9.17, 15) is 4.79 Å². The third-order valence-electron chi connectivity index (χ3n) is 1.68. The number of nitrogens with two attached hydrogens (primary N) is 1. The summed E-state index contributed by atoms with van der Waals surface area (Å²) in [6, 6.07) is -0.482. The van der Waals surface area contributed by atoms with Gasteiger partial charge in [0.05, 0.1) is 12.6 Å². The second-order valence-corrected chi connectivity index (χ2v) is 2.51. The van der Waals surface area contributed by atoms with Gasteiger partial charge in [-0.1, -0.05) is 5.16 Å². The van der Waals surface area contributed by atoms with Crippen LogP contribution in [0.25, 0.3) is 0 Å². The SMILES string of the molecule is CCOC(=O)N(C)C(C)C(N)=NO. The van der Waals surface area contributed by atoms with Gasteiger partial charge in [-0.15, -0.1) is 0 Å². The first kappa shape index (κ1) is 11.5. The topological polar surface area (TPSA) is 88.2 Å². The van der Waals surface area contributed by atoms with Crippen LogP contribution in [-0.2, 0) is 4.74 Å². The standard InChI is InChI=1S/C7H15N3O3/c1-4-13-7(11)10(3)5(2)6(8)9-12/h5,12H,4H2,1-3H3,(H2,8,9). The number of oxime groups is 1. The zero-order chi connectivity index (χ0) is 10.4. The van der Waals surface area contributed by atoms with Crippen molar-refractivity contribution in [3.63, 3.8) is 0 Å². The average molecular weight is 189 g/mol. The molecule has 0 radical (unpaired) electrons. The van der Waals surface area contributed by atoms with Crippen LogP contribution < -0.4 is 5.73 Å². The molecule has 0 aliphatic rings. The van der Waals surface area contributed by atoms with Crippen LogP contribution in [0.1, 0.15) is 13.8 Å². The van der Waals surface area contributed by atoms with E-state index in [0.717, 1.165) is 0 Å². The molecule has 3 N–H and O–H groups in total. The van der Waals surface area contributed by atoms with Crippen LogP contribution in [0.4, 0.5) is 4.79 Å². The molecule has 0 saturated heterocycles. The number of amidine groups is 1.